The Morgan fingerprint density at radius 3 is 2.59 bits per heavy atom. The monoisotopic (exact) mass is 234 g/mol. The minimum atomic E-state index is -0.906. The molecule has 1 aliphatic rings. The van der Waals surface area contributed by atoms with Gasteiger partial charge in [-0.15, -0.1) is 0 Å². The lowest BCUT2D eigenvalue weighted by molar-refractivity contribution is -0.137. The summed E-state index contributed by atoms with van der Waals surface area (Å²) in [7, 11) is 0. The zero-order valence-electron chi connectivity index (χ0n) is 9.10. The van der Waals surface area contributed by atoms with Crippen molar-refractivity contribution in [1.82, 2.24) is 0 Å². The highest BCUT2D eigenvalue weighted by atomic mass is 16.6. The van der Waals surface area contributed by atoms with Crippen LogP contribution in [-0.4, -0.2) is 23.0 Å². The number of carbonyl (C=O) groups is 3. The number of esters is 2. The number of hydrogen-bond donors (Lipinski definition) is 1. The minimum absolute atomic E-state index is 0.0260. The molecule has 1 unspecified atom stereocenters. The Hall–Kier alpha value is -2.17. The van der Waals surface area contributed by atoms with Crippen LogP contribution in [0.3, 0.4) is 0 Å². The largest absolute Gasteiger partial charge is 0.481 e. The average Bonchev–Trinajstić information content (AvgIpc) is 2.53. The van der Waals surface area contributed by atoms with E-state index in [1.54, 1.807) is 13.0 Å². The van der Waals surface area contributed by atoms with Gasteiger partial charge in [-0.3, -0.25) is 4.79 Å². The van der Waals surface area contributed by atoms with E-state index in [1.165, 1.54) is 12.1 Å². The molecule has 0 radical (unpaired) electrons. The fraction of sp³-hybridized carbons (Fsp3) is 0.250. The lowest BCUT2D eigenvalue weighted by Crippen LogP contribution is -2.04. The highest BCUT2D eigenvalue weighted by Crippen LogP contribution is 2.26. The van der Waals surface area contributed by atoms with E-state index in [0.29, 0.717) is 5.56 Å². The number of ether oxygens (including phenoxy) is 1. The molecule has 1 heterocycles. The maximum Gasteiger partial charge on any atom is 0.346 e. The van der Waals surface area contributed by atoms with Crippen LogP contribution < -0.4 is 0 Å². The third-order valence-electron chi connectivity index (χ3n) is 2.72. The van der Waals surface area contributed by atoms with Gasteiger partial charge in [0.2, 0.25) is 0 Å². The van der Waals surface area contributed by atoms with Crippen LogP contribution in [0.25, 0.3) is 0 Å². The van der Waals surface area contributed by atoms with Gasteiger partial charge in [-0.05, 0) is 23.6 Å². The lowest BCUT2D eigenvalue weighted by Gasteiger charge is -2.09. The SMILES string of the molecule is CC(CC(=O)O)c1ccc2c(c1)C(=O)OC2=O. The molecule has 0 amide bonds. The van der Waals surface area contributed by atoms with E-state index in [-0.39, 0.29) is 23.5 Å². The van der Waals surface area contributed by atoms with Crippen molar-refractivity contribution in [2.24, 2.45) is 0 Å². The molecule has 2 rings (SSSR count). The van der Waals surface area contributed by atoms with Crippen LogP contribution in [0.1, 0.15) is 45.5 Å². The first-order valence-corrected chi connectivity index (χ1v) is 5.11. The van der Waals surface area contributed by atoms with E-state index < -0.39 is 17.9 Å². The van der Waals surface area contributed by atoms with Crippen molar-refractivity contribution in [3.05, 3.63) is 34.9 Å². The first-order valence-electron chi connectivity index (χ1n) is 5.11. The molecule has 0 fully saturated rings. The Labute approximate surface area is 97.0 Å². The number of cyclic esters (lactones) is 2. The predicted molar refractivity (Wildman–Crippen MR) is 56.9 cm³/mol. The maximum absolute atomic E-state index is 11.3. The standard InChI is InChI=1S/C12H10O5/c1-6(4-10(13)14)7-2-3-8-9(5-7)12(16)17-11(8)15/h2-3,5-6H,4H2,1H3,(H,13,14). The molecule has 1 aromatic carbocycles. The number of rotatable bonds is 3. The Balaban J connectivity index is 2.34. The summed E-state index contributed by atoms with van der Waals surface area (Å²) in [6, 6.07) is 4.67. The molecule has 1 aliphatic heterocycles. The molecule has 1 atom stereocenters. The summed E-state index contributed by atoms with van der Waals surface area (Å²) in [5.41, 5.74) is 1.16. The number of benzene rings is 1. The summed E-state index contributed by atoms with van der Waals surface area (Å²) in [5, 5.41) is 8.69. The molecular formula is C12H10O5. The van der Waals surface area contributed by atoms with Gasteiger partial charge in [0.05, 0.1) is 17.5 Å². The van der Waals surface area contributed by atoms with Crippen LogP contribution in [0.5, 0.6) is 0 Å². The predicted octanol–water partition coefficient (Wildman–Crippen LogP) is 1.58. The summed E-state index contributed by atoms with van der Waals surface area (Å²) < 4.78 is 4.45. The molecule has 0 saturated heterocycles. The smallest absolute Gasteiger partial charge is 0.346 e. The molecule has 0 saturated carbocycles. The van der Waals surface area contributed by atoms with Gasteiger partial charge in [0, 0.05) is 0 Å². The third-order valence-corrected chi connectivity index (χ3v) is 2.72. The van der Waals surface area contributed by atoms with Crippen molar-refractivity contribution in [3.63, 3.8) is 0 Å². The van der Waals surface area contributed by atoms with Crippen molar-refractivity contribution < 1.29 is 24.2 Å². The van der Waals surface area contributed by atoms with E-state index in [9.17, 15) is 14.4 Å². The number of carboxylic acids is 1. The van der Waals surface area contributed by atoms with Crippen LogP contribution in [0, 0.1) is 0 Å². The second kappa shape index (κ2) is 4.01. The second-order valence-corrected chi connectivity index (χ2v) is 3.98. The molecule has 1 N–H and O–H groups in total. The number of hydrogen-bond acceptors (Lipinski definition) is 4. The number of carbonyl (C=O) groups excluding carboxylic acids is 2. The van der Waals surface area contributed by atoms with Gasteiger partial charge < -0.3 is 9.84 Å². The maximum atomic E-state index is 11.3. The molecule has 5 heteroatoms. The molecule has 0 spiro atoms. The number of aliphatic carboxylic acids is 1. The van der Waals surface area contributed by atoms with Gasteiger partial charge in [-0.2, -0.15) is 0 Å². The molecule has 1 aromatic rings. The highest BCUT2D eigenvalue weighted by Gasteiger charge is 2.30. The van der Waals surface area contributed by atoms with E-state index in [1.807, 2.05) is 0 Å². The van der Waals surface area contributed by atoms with Crippen molar-refractivity contribution in [3.8, 4) is 0 Å². The molecule has 0 aromatic heterocycles. The van der Waals surface area contributed by atoms with Crippen molar-refractivity contribution in [2.75, 3.05) is 0 Å². The van der Waals surface area contributed by atoms with Crippen LogP contribution in [-0.2, 0) is 9.53 Å². The summed E-state index contributed by atoms with van der Waals surface area (Å²) in [6.45, 7) is 1.75. The van der Waals surface area contributed by atoms with Crippen molar-refractivity contribution in [1.29, 1.82) is 0 Å². The summed E-state index contributed by atoms with van der Waals surface area (Å²) >= 11 is 0. The van der Waals surface area contributed by atoms with E-state index >= 15 is 0 Å². The zero-order chi connectivity index (χ0) is 12.6. The van der Waals surface area contributed by atoms with Gasteiger partial charge in [0.15, 0.2) is 0 Å². The Kier molecular flexibility index (Phi) is 2.67. The molecule has 17 heavy (non-hydrogen) atoms. The van der Waals surface area contributed by atoms with Crippen LogP contribution in [0.2, 0.25) is 0 Å². The van der Waals surface area contributed by atoms with E-state index in [0.717, 1.165) is 0 Å². The first-order chi connectivity index (χ1) is 7.99. The minimum Gasteiger partial charge on any atom is -0.481 e. The molecule has 5 nitrogen and oxygen atoms in total. The topological polar surface area (TPSA) is 80.7 Å². The van der Waals surface area contributed by atoms with Crippen LogP contribution >= 0.6 is 0 Å². The lowest BCUT2D eigenvalue weighted by atomic mass is 9.94. The summed E-state index contributed by atoms with van der Waals surface area (Å²) in [6.07, 6.45) is -0.0260. The fourth-order valence-corrected chi connectivity index (χ4v) is 1.79. The molecular weight excluding hydrogens is 224 g/mol. The number of fused-ring (bicyclic) bond motifs is 1. The third kappa shape index (κ3) is 2.04. The first kappa shape index (κ1) is 11.3. The van der Waals surface area contributed by atoms with Crippen LogP contribution in [0.4, 0.5) is 0 Å². The van der Waals surface area contributed by atoms with Crippen molar-refractivity contribution >= 4 is 17.9 Å². The van der Waals surface area contributed by atoms with E-state index in [2.05, 4.69) is 4.74 Å². The second-order valence-electron chi connectivity index (χ2n) is 3.98. The van der Waals surface area contributed by atoms with Gasteiger partial charge in [-0.1, -0.05) is 13.0 Å². The average molecular weight is 234 g/mol. The zero-order valence-corrected chi connectivity index (χ0v) is 9.10. The van der Waals surface area contributed by atoms with Gasteiger partial charge in [0.25, 0.3) is 0 Å². The van der Waals surface area contributed by atoms with E-state index in [4.69, 9.17) is 5.11 Å². The summed E-state index contributed by atoms with van der Waals surface area (Å²) in [5.74, 6) is -2.45. The van der Waals surface area contributed by atoms with Crippen molar-refractivity contribution in [2.45, 2.75) is 19.3 Å². The van der Waals surface area contributed by atoms with Crippen LogP contribution in [0.15, 0.2) is 18.2 Å². The molecule has 0 aliphatic carbocycles. The van der Waals surface area contributed by atoms with Gasteiger partial charge in [0.1, 0.15) is 0 Å². The Morgan fingerprint density at radius 1 is 1.29 bits per heavy atom. The quantitative estimate of drug-likeness (QED) is 0.634. The Bertz CT molecular complexity index is 518. The van der Waals surface area contributed by atoms with Gasteiger partial charge in [-0.25, -0.2) is 9.59 Å². The molecule has 88 valence electrons. The van der Waals surface area contributed by atoms with Gasteiger partial charge >= 0.3 is 17.9 Å². The summed E-state index contributed by atoms with van der Waals surface area (Å²) in [4.78, 5) is 33.1. The molecule has 0 bridgehead atoms. The number of carboxylic acid groups (broad SMARTS) is 1. The normalized spacial score (nSPS) is 15.4. The highest BCUT2D eigenvalue weighted by molar-refractivity contribution is 6.14. The Morgan fingerprint density at radius 2 is 1.94 bits per heavy atom. The fourth-order valence-electron chi connectivity index (χ4n) is 1.79.